The van der Waals surface area contributed by atoms with Crippen molar-refractivity contribution in [3.8, 4) is 5.75 Å². The summed E-state index contributed by atoms with van der Waals surface area (Å²) < 4.78 is 5.88. The van der Waals surface area contributed by atoms with Gasteiger partial charge in [-0.3, -0.25) is 4.79 Å². The van der Waals surface area contributed by atoms with Crippen LogP contribution in [0.1, 0.15) is 17.5 Å². The highest BCUT2D eigenvalue weighted by atomic mass is 16.5. The number of hydrogen-bond donors (Lipinski definition) is 2. The smallest absolute Gasteiger partial charge is 0.303 e. The van der Waals surface area contributed by atoms with E-state index in [1.807, 2.05) is 30.3 Å². The summed E-state index contributed by atoms with van der Waals surface area (Å²) in [6.45, 7) is 0.586. The van der Waals surface area contributed by atoms with Crippen LogP contribution in [0.15, 0.2) is 66.7 Å². The largest absolute Gasteiger partial charge is 0.493 e. The lowest BCUT2D eigenvalue weighted by molar-refractivity contribution is -0.136. The van der Waals surface area contributed by atoms with Crippen molar-refractivity contribution in [2.45, 2.75) is 19.3 Å². The fourth-order valence-electron chi connectivity index (χ4n) is 3.42. The molecule has 0 aliphatic heterocycles. The number of hydrogen-bond acceptors (Lipinski definition) is 2. The molecule has 0 unspecified atom stereocenters. The molecule has 0 bridgehead atoms. The molecular weight excluding hydrogens is 338 g/mol. The number of aryl methyl sites for hydroxylation is 1. The van der Waals surface area contributed by atoms with Gasteiger partial charge in [0.05, 0.1) is 6.61 Å². The van der Waals surface area contributed by atoms with E-state index < -0.39 is 5.97 Å². The van der Waals surface area contributed by atoms with Crippen LogP contribution < -0.4 is 4.74 Å². The Hall–Kier alpha value is -3.27. The third-order valence-electron chi connectivity index (χ3n) is 4.82. The summed E-state index contributed by atoms with van der Waals surface area (Å²) in [6, 6.07) is 22.4. The lowest BCUT2D eigenvalue weighted by Crippen LogP contribution is -2.02. The molecule has 27 heavy (non-hydrogen) atoms. The molecule has 0 aliphatic rings. The second-order valence-corrected chi connectivity index (χ2v) is 6.65. The first kappa shape index (κ1) is 17.2. The van der Waals surface area contributed by atoms with Crippen LogP contribution in [0.2, 0.25) is 0 Å². The topological polar surface area (TPSA) is 62.3 Å². The number of para-hydroxylation sites is 2. The first-order chi connectivity index (χ1) is 13.2. The number of carbonyl (C=O) groups is 1. The highest BCUT2D eigenvalue weighted by molar-refractivity contribution is 6.08. The summed E-state index contributed by atoms with van der Waals surface area (Å²) in [7, 11) is 0. The van der Waals surface area contributed by atoms with Crippen LogP contribution in [0.25, 0.3) is 21.8 Å². The van der Waals surface area contributed by atoms with Crippen LogP contribution >= 0.6 is 0 Å². The van der Waals surface area contributed by atoms with E-state index in [4.69, 9.17) is 9.84 Å². The molecule has 4 aromatic rings. The fraction of sp³-hybridized carbons (Fsp3) is 0.174. The Morgan fingerprint density at radius 3 is 2.48 bits per heavy atom. The average molecular weight is 359 g/mol. The summed E-state index contributed by atoms with van der Waals surface area (Å²) in [5, 5.41) is 11.2. The molecule has 3 aromatic carbocycles. The maximum Gasteiger partial charge on any atom is 0.303 e. The van der Waals surface area contributed by atoms with Crippen molar-refractivity contribution in [2.75, 3.05) is 6.61 Å². The Bertz CT molecular complexity index is 1080. The number of aromatic amines is 1. The van der Waals surface area contributed by atoms with Crippen LogP contribution in [-0.2, 0) is 17.6 Å². The second-order valence-electron chi connectivity index (χ2n) is 6.65. The number of carboxylic acid groups (broad SMARTS) is 1. The molecule has 0 saturated heterocycles. The van der Waals surface area contributed by atoms with Crippen molar-refractivity contribution in [1.29, 1.82) is 0 Å². The minimum absolute atomic E-state index is 0.148. The SMILES string of the molecule is O=C(O)CCc1ccc(OCCc2cccc3c2[nH]c2ccccc23)cc1. The standard InChI is InChI=1S/C23H21NO3/c25-22(26)13-10-16-8-11-18(12-9-16)27-15-14-17-4-3-6-20-19-5-1-2-7-21(19)24-23(17)20/h1-9,11-12,24H,10,13-15H2,(H,25,26). The Morgan fingerprint density at radius 1 is 0.889 bits per heavy atom. The van der Waals surface area contributed by atoms with Crippen LogP contribution in [0.4, 0.5) is 0 Å². The average Bonchev–Trinajstić information content (AvgIpc) is 3.07. The predicted octanol–water partition coefficient (Wildman–Crippen LogP) is 4.96. The molecule has 0 radical (unpaired) electrons. The monoisotopic (exact) mass is 359 g/mol. The zero-order valence-electron chi connectivity index (χ0n) is 14.9. The highest BCUT2D eigenvalue weighted by Gasteiger charge is 2.07. The number of fused-ring (bicyclic) bond motifs is 3. The van der Waals surface area contributed by atoms with E-state index in [9.17, 15) is 4.79 Å². The van der Waals surface area contributed by atoms with Gasteiger partial charge in [0.25, 0.3) is 0 Å². The Labute approximate surface area is 157 Å². The molecule has 0 amide bonds. The van der Waals surface area contributed by atoms with Crippen molar-refractivity contribution in [3.05, 3.63) is 77.9 Å². The van der Waals surface area contributed by atoms with Gasteiger partial charge >= 0.3 is 5.97 Å². The molecule has 0 fully saturated rings. The molecule has 4 nitrogen and oxygen atoms in total. The predicted molar refractivity (Wildman–Crippen MR) is 107 cm³/mol. The summed E-state index contributed by atoms with van der Waals surface area (Å²) in [6.07, 6.45) is 1.50. The van der Waals surface area contributed by atoms with E-state index in [1.54, 1.807) is 0 Å². The molecule has 1 aromatic heterocycles. The molecule has 4 heteroatoms. The number of rotatable bonds is 7. The number of H-pyrrole nitrogens is 1. The van der Waals surface area contributed by atoms with Crippen molar-refractivity contribution in [1.82, 2.24) is 4.98 Å². The van der Waals surface area contributed by atoms with E-state index in [-0.39, 0.29) is 6.42 Å². The molecule has 4 rings (SSSR count). The fourth-order valence-corrected chi connectivity index (χ4v) is 3.42. The minimum Gasteiger partial charge on any atom is -0.493 e. The van der Waals surface area contributed by atoms with E-state index in [1.165, 1.54) is 21.9 Å². The Balaban J connectivity index is 1.42. The van der Waals surface area contributed by atoms with Gasteiger partial charge < -0.3 is 14.8 Å². The molecule has 0 aliphatic carbocycles. The van der Waals surface area contributed by atoms with Crippen molar-refractivity contribution in [3.63, 3.8) is 0 Å². The summed E-state index contributed by atoms with van der Waals surface area (Å²) in [4.78, 5) is 14.2. The van der Waals surface area contributed by atoms with Gasteiger partial charge in [0.2, 0.25) is 0 Å². The first-order valence-corrected chi connectivity index (χ1v) is 9.12. The maximum atomic E-state index is 10.6. The van der Waals surface area contributed by atoms with Crippen molar-refractivity contribution >= 4 is 27.8 Å². The molecular formula is C23H21NO3. The van der Waals surface area contributed by atoms with E-state index >= 15 is 0 Å². The molecule has 1 heterocycles. The third-order valence-corrected chi connectivity index (χ3v) is 4.82. The van der Waals surface area contributed by atoms with E-state index in [0.29, 0.717) is 13.0 Å². The molecule has 0 saturated carbocycles. The minimum atomic E-state index is -0.776. The van der Waals surface area contributed by atoms with Crippen molar-refractivity contribution < 1.29 is 14.6 Å². The van der Waals surface area contributed by atoms with Gasteiger partial charge in [-0.25, -0.2) is 0 Å². The number of aromatic nitrogens is 1. The first-order valence-electron chi connectivity index (χ1n) is 9.12. The third kappa shape index (κ3) is 3.80. The van der Waals surface area contributed by atoms with Gasteiger partial charge in [-0.15, -0.1) is 0 Å². The highest BCUT2D eigenvalue weighted by Crippen LogP contribution is 2.27. The van der Waals surface area contributed by atoms with Gasteiger partial charge in [-0.05, 0) is 35.7 Å². The van der Waals surface area contributed by atoms with Gasteiger partial charge in [-0.1, -0.05) is 48.5 Å². The van der Waals surface area contributed by atoms with Crippen LogP contribution in [0, 0.1) is 0 Å². The second kappa shape index (κ2) is 7.54. The van der Waals surface area contributed by atoms with Crippen LogP contribution in [0.3, 0.4) is 0 Å². The van der Waals surface area contributed by atoms with E-state index in [2.05, 4.69) is 41.4 Å². The number of aliphatic carboxylic acids is 1. The Kier molecular flexibility index (Phi) is 4.79. The van der Waals surface area contributed by atoms with E-state index in [0.717, 1.165) is 23.3 Å². The summed E-state index contributed by atoms with van der Waals surface area (Å²) in [5.74, 6) is 0.0272. The zero-order valence-corrected chi connectivity index (χ0v) is 14.9. The lowest BCUT2D eigenvalue weighted by Gasteiger charge is -2.08. The quantitative estimate of drug-likeness (QED) is 0.490. The summed E-state index contributed by atoms with van der Waals surface area (Å²) in [5.41, 5.74) is 4.57. The van der Waals surface area contributed by atoms with Crippen molar-refractivity contribution in [2.24, 2.45) is 0 Å². The van der Waals surface area contributed by atoms with Crippen LogP contribution in [-0.4, -0.2) is 22.7 Å². The Morgan fingerprint density at radius 2 is 1.67 bits per heavy atom. The molecule has 2 N–H and O–H groups in total. The van der Waals surface area contributed by atoms with Crippen LogP contribution in [0.5, 0.6) is 5.75 Å². The number of benzene rings is 3. The van der Waals surface area contributed by atoms with Gasteiger partial charge in [-0.2, -0.15) is 0 Å². The maximum absolute atomic E-state index is 10.6. The molecule has 136 valence electrons. The number of carboxylic acids is 1. The molecule has 0 atom stereocenters. The van der Waals surface area contributed by atoms with Gasteiger partial charge in [0.1, 0.15) is 5.75 Å². The zero-order chi connectivity index (χ0) is 18.6. The molecule has 0 spiro atoms. The summed E-state index contributed by atoms with van der Waals surface area (Å²) >= 11 is 0. The number of ether oxygens (including phenoxy) is 1. The van der Waals surface area contributed by atoms with Gasteiger partial charge in [0, 0.05) is 34.6 Å². The normalized spacial score (nSPS) is 11.1. The lowest BCUT2D eigenvalue weighted by atomic mass is 10.1. The number of nitrogens with one attached hydrogen (secondary N) is 1. The van der Waals surface area contributed by atoms with Gasteiger partial charge in [0.15, 0.2) is 0 Å².